The molecule has 0 saturated heterocycles. The van der Waals surface area contributed by atoms with Crippen LogP contribution in [0.3, 0.4) is 0 Å². The summed E-state index contributed by atoms with van der Waals surface area (Å²) < 4.78 is 10.1. The summed E-state index contributed by atoms with van der Waals surface area (Å²) in [5.41, 5.74) is 1.07. The van der Waals surface area contributed by atoms with Gasteiger partial charge in [0.25, 0.3) is 5.91 Å². The molecular formula is C17H19NO4. The van der Waals surface area contributed by atoms with Gasteiger partial charge in [-0.3, -0.25) is 9.59 Å². The molecule has 1 N–H and O–H groups in total. The molecular weight excluding hydrogens is 282 g/mol. The molecule has 0 fully saturated rings. The second-order valence-electron chi connectivity index (χ2n) is 5.03. The molecule has 0 radical (unpaired) electrons. The number of rotatable bonds is 7. The van der Waals surface area contributed by atoms with Crippen molar-refractivity contribution in [2.45, 2.75) is 25.8 Å². The Morgan fingerprint density at radius 1 is 1.18 bits per heavy atom. The predicted octanol–water partition coefficient (Wildman–Crippen LogP) is 2.63. The lowest BCUT2D eigenvalue weighted by Crippen LogP contribution is -2.28. The van der Waals surface area contributed by atoms with Crippen LogP contribution in [0.2, 0.25) is 0 Å². The van der Waals surface area contributed by atoms with Gasteiger partial charge in [-0.2, -0.15) is 0 Å². The first-order chi connectivity index (χ1) is 10.6. The van der Waals surface area contributed by atoms with Crippen LogP contribution in [0.25, 0.3) is 0 Å². The van der Waals surface area contributed by atoms with Crippen LogP contribution in [0, 0.1) is 0 Å². The molecule has 1 aromatic heterocycles. The van der Waals surface area contributed by atoms with E-state index in [2.05, 4.69) is 5.32 Å². The Kier molecular flexibility index (Phi) is 5.77. The fourth-order valence-electron chi connectivity index (χ4n) is 2.00. The van der Waals surface area contributed by atoms with Gasteiger partial charge in [-0.1, -0.05) is 37.3 Å². The van der Waals surface area contributed by atoms with Crippen molar-refractivity contribution < 1.29 is 18.7 Å². The molecule has 1 aromatic carbocycles. The maximum absolute atomic E-state index is 11.7. The van der Waals surface area contributed by atoms with Crippen molar-refractivity contribution in [1.82, 2.24) is 5.32 Å². The van der Waals surface area contributed by atoms with E-state index in [1.807, 2.05) is 37.3 Å². The molecule has 0 bridgehead atoms. The smallest absolute Gasteiger partial charge is 0.306 e. The van der Waals surface area contributed by atoms with Crippen LogP contribution in [0.4, 0.5) is 0 Å². The van der Waals surface area contributed by atoms with Crippen LogP contribution < -0.4 is 5.32 Å². The predicted molar refractivity (Wildman–Crippen MR) is 81.0 cm³/mol. The van der Waals surface area contributed by atoms with Crippen molar-refractivity contribution in [1.29, 1.82) is 0 Å². The third-order valence-corrected chi connectivity index (χ3v) is 3.25. The highest BCUT2D eigenvalue weighted by molar-refractivity contribution is 5.80. The van der Waals surface area contributed by atoms with Crippen LogP contribution in [-0.2, 0) is 20.9 Å². The van der Waals surface area contributed by atoms with E-state index in [0.29, 0.717) is 5.76 Å². The van der Waals surface area contributed by atoms with Crippen molar-refractivity contribution in [3.8, 4) is 0 Å². The summed E-state index contributed by atoms with van der Waals surface area (Å²) in [4.78, 5) is 23.3. The molecule has 2 aromatic rings. The van der Waals surface area contributed by atoms with Crippen LogP contribution in [0.5, 0.6) is 0 Å². The van der Waals surface area contributed by atoms with Gasteiger partial charge in [0.1, 0.15) is 5.76 Å². The van der Waals surface area contributed by atoms with Crippen molar-refractivity contribution in [2.75, 3.05) is 6.61 Å². The number of nitrogens with one attached hydrogen (secondary N) is 1. The zero-order valence-corrected chi connectivity index (χ0v) is 12.5. The molecule has 1 atom stereocenters. The average molecular weight is 301 g/mol. The van der Waals surface area contributed by atoms with Gasteiger partial charge in [0.15, 0.2) is 6.61 Å². The number of ether oxygens (including phenoxy) is 1. The Hall–Kier alpha value is -2.56. The Balaban J connectivity index is 1.67. The number of carbonyl (C=O) groups excluding carboxylic acids is 2. The number of esters is 1. The molecule has 5 heteroatoms. The first kappa shape index (κ1) is 15.8. The van der Waals surface area contributed by atoms with E-state index in [-0.39, 0.29) is 37.4 Å². The normalized spacial score (nSPS) is 11.7. The maximum Gasteiger partial charge on any atom is 0.306 e. The first-order valence-corrected chi connectivity index (χ1v) is 7.15. The molecule has 1 amide bonds. The quantitative estimate of drug-likeness (QED) is 0.798. The van der Waals surface area contributed by atoms with E-state index < -0.39 is 0 Å². The maximum atomic E-state index is 11.7. The first-order valence-electron chi connectivity index (χ1n) is 7.15. The molecule has 0 aliphatic heterocycles. The highest BCUT2D eigenvalue weighted by Gasteiger charge is 2.13. The summed E-state index contributed by atoms with van der Waals surface area (Å²) in [5, 5.41) is 2.62. The lowest BCUT2D eigenvalue weighted by molar-refractivity contribution is -0.148. The minimum atomic E-state index is -0.385. The molecule has 1 heterocycles. The monoisotopic (exact) mass is 301 g/mol. The van der Waals surface area contributed by atoms with Gasteiger partial charge in [0.05, 0.1) is 19.2 Å². The van der Waals surface area contributed by atoms with Gasteiger partial charge in [0, 0.05) is 0 Å². The molecule has 0 saturated carbocycles. The molecule has 2 rings (SSSR count). The molecule has 0 spiro atoms. The van der Waals surface area contributed by atoms with E-state index in [9.17, 15) is 9.59 Å². The van der Waals surface area contributed by atoms with Gasteiger partial charge in [-0.05, 0) is 23.6 Å². The lowest BCUT2D eigenvalue weighted by Gasteiger charge is -2.11. The lowest BCUT2D eigenvalue weighted by atomic mass is 9.98. The fraction of sp³-hybridized carbons (Fsp3) is 0.294. The highest BCUT2D eigenvalue weighted by Crippen LogP contribution is 2.18. The van der Waals surface area contributed by atoms with E-state index in [4.69, 9.17) is 9.15 Å². The third kappa shape index (κ3) is 5.09. The van der Waals surface area contributed by atoms with Gasteiger partial charge >= 0.3 is 5.97 Å². The Labute approximate surface area is 129 Å². The number of benzene rings is 1. The number of hydrogen-bond donors (Lipinski definition) is 1. The summed E-state index contributed by atoms with van der Waals surface area (Å²) in [6.45, 7) is 1.96. The van der Waals surface area contributed by atoms with Crippen LogP contribution in [0.1, 0.15) is 30.6 Å². The van der Waals surface area contributed by atoms with Crippen LogP contribution in [-0.4, -0.2) is 18.5 Å². The average Bonchev–Trinajstić information content (AvgIpc) is 3.05. The third-order valence-electron chi connectivity index (χ3n) is 3.25. The second kappa shape index (κ2) is 8.02. The molecule has 0 aliphatic rings. The summed E-state index contributed by atoms with van der Waals surface area (Å²) in [7, 11) is 0. The molecule has 1 unspecified atom stereocenters. The van der Waals surface area contributed by atoms with Gasteiger partial charge in [-0.15, -0.1) is 0 Å². The summed E-state index contributed by atoms with van der Waals surface area (Å²) in [6, 6.07) is 13.2. The largest absolute Gasteiger partial charge is 0.467 e. The summed E-state index contributed by atoms with van der Waals surface area (Å²) in [5.74, 6) is -0.0288. The van der Waals surface area contributed by atoms with Gasteiger partial charge in [-0.25, -0.2) is 0 Å². The van der Waals surface area contributed by atoms with Crippen molar-refractivity contribution >= 4 is 11.9 Å². The molecule has 0 aliphatic carbocycles. The zero-order valence-electron chi connectivity index (χ0n) is 12.5. The molecule has 22 heavy (non-hydrogen) atoms. The second-order valence-corrected chi connectivity index (χ2v) is 5.03. The number of furan rings is 1. The van der Waals surface area contributed by atoms with Crippen molar-refractivity contribution in [2.24, 2.45) is 0 Å². The zero-order chi connectivity index (χ0) is 15.8. The molecule has 116 valence electrons. The summed E-state index contributed by atoms with van der Waals surface area (Å²) in [6.07, 6.45) is 1.78. The van der Waals surface area contributed by atoms with Gasteiger partial charge < -0.3 is 14.5 Å². The van der Waals surface area contributed by atoms with E-state index >= 15 is 0 Å². The number of carbonyl (C=O) groups is 2. The van der Waals surface area contributed by atoms with Crippen molar-refractivity contribution in [3.63, 3.8) is 0 Å². The SMILES string of the molecule is CC(CC(=O)OCC(=O)NCc1ccco1)c1ccccc1. The van der Waals surface area contributed by atoms with Crippen LogP contribution in [0.15, 0.2) is 53.1 Å². The highest BCUT2D eigenvalue weighted by atomic mass is 16.5. The van der Waals surface area contributed by atoms with E-state index in [1.165, 1.54) is 6.26 Å². The Bertz CT molecular complexity index is 592. The Morgan fingerprint density at radius 2 is 1.95 bits per heavy atom. The van der Waals surface area contributed by atoms with E-state index in [0.717, 1.165) is 5.56 Å². The minimum absolute atomic E-state index is 0.0554. The topological polar surface area (TPSA) is 68.5 Å². The summed E-state index contributed by atoms with van der Waals surface area (Å²) >= 11 is 0. The standard InChI is InChI=1S/C17H19NO4/c1-13(14-6-3-2-4-7-14)10-17(20)22-12-16(19)18-11-15-8-5-9-21-15/h2-9,13H,10-12H2,1H3,(H,18,19). The van der Waals surface area contributed by atoms with Crippen LogP contribution >= 0.6 is 0 Å². The minimum Gasteiger partial charge on any atom is -0.467 e. The van der Waals surface area contributed by atoms with Crippen molar-refractivity contribution in [3.05, 3.63) is 60.1 Å². The van der Waals surface area contributed by atoms with E-state index in [1.54, 1.807) is 12.1 Å². The number of hydrogen-bond acceptors (Lipinski definition) is 4. The number of amides is 1. The Morgan fingerprint density at radius 3 is 2.64 bits per heavy atom. The fourth-order valence-corrected chi connectivity index (χ4v) is 2.00. The molecule has 5 nitrogen and oxygen atoms in total. The van der Waals surface area contributed by atoms with Gasteiger partial charge in [0.2, 0.25) is 0 Å².